The Labute approximate surface area is 115 Å². The van der Waals surface area contributed by atoms with Crippen LogP contribution in [0.2, 0.25) is 0 Å². The summed E-state index contributed by atoms with van der Waals surface area (Å²) in [5.74, 6) is 0.225. The fourth-order valence-electron chi connectivity index (χ4n) is 1.62. The first-order valence-corrected chi connectivity index (χ1v) is 5.87. The van der Waals surface area contributed by atoms with Gasteiger partial charge in [-0.05, 0) is 24.3 Å². The number of methoxy groups -OCH3 is 1. The molecule has 2 aromatic carbocycles. The van der Waals surface area contributed by atoms with E-state index in [4.69, 9.17) is 4.74 Å². The van der Waals surface area contributed by atoms with Gasteiger partial charge in [-0.15, -0.1) is 0 Å². The number of nitrogens with zero attached hydrogens (tertiary/aromatic N) is 2. The number of anilines is 1. The van der Waals surface area contributed by atoms with Gasteiger partial charge in [0.25, 0.3) is 0 Å². The largest absolute Gasteiger partial charge is 0.490 e. The summed E-state index contributed by atoms with van der Waals surface area (Å²) in [5.41, 5.74) is 4.20. The van der Waals surface area contributed by atoms with E-state index in [1.165, 1.54) is 19.4 Å². The van der Waals surface area contributed by atoms with Crippen molar-refractivity contribution in [3.8, 4) is 5.75 Å². The van der Waals surface area contributed by atoms with E-state index in [-0.39, 0.29) is 11.4 Å². The number of hydrogen-bond donors (Lipinski definition) is 1. The minimum atomic E-state index is -0.485. The van der Waals surface area contributed by atoms with Crippen LogP contribution < -0.4 is 10.2 Å². The molecule has 0 aromatic heterocycles. The lowest BCUT2D eigenvalue weighted by Crippen LogP contribution is -1.96. The summed E-state index contributed by atoms with van der Waals surface area (Å²) < 4.78 is 4.93. The van der Waals surface area contributed by atoms with E-state index in [0.717, 1.165) is 5.69 Å². The Morgan fingerprint density at radius 1 is 1.25 bits per heavy atom. The number of benzene rings is 2. The molecule has 0 aliphatic heterocycles. The topological polar surface area (TPSA) is 76.8 Å². The van der Waals surface area contributed by atoms with Crippen LogP contribution in [0.25, 0.3) is 0 Å². The van der Waals surface area contributed by atoms with E-state index in [1.54, 1.807) is 12.1 Å². The maximum absolute atomic E-state index is 10.9. The second-order valence-electron chi connectivity index (χ2n) is 3.92. The first kappa shape index (κ1) is 13.5. The summed E-state index contributed by atoms with van der Waals surface area (Å²) in [7, 11) is 1.40. The molecule has 0 aliphatic rings. The zero-order chi connectivity index (χ0) is 14.4. The maximum Gasteiger partial charge on any atom is 0.311 e. The number of nitro benzene ring substituents is 1. The zero-order valence-electron chi connectivity index (χ0n) is 10.8. The number of hydrogen-bond acceptors (Lipinski definition) is 5. The lowest BCUT2D eigenvalue weighted by atomic mass is 10.2. The van der Waals surface area contributed by atoms with Gasteiger partial charge in [0.15, 0.2) is 5.75 Å². The van der Waals surface area contributed by atoms with Crippen molar-refractivity contribution >= 4 is 17.6 Å². The van der Waals surface area contributed by atoms with E-state index < -0.39 is 4.92 Å². The molecule has 102 valence electrons. The third kappa shape index (κ3) is 3.32. The number of nitro groups is 1. The predicted octanol–water partition coefficient (Wildman–Crippen LogP) is 3.05. The summed E-state index contributed by atoms with van der Waals surface area (Å²) >= 11 is 0. The van der Waals surface area contributed by atoms with Gasteiger partial charge >= 0.3 is 5.69 Å². The Morgan fingerprint density at radius 3 is 2.65 bits per heavy atom. The fraction of sp³-hybridized carbons (Fsp3) is 0.0714. The van der Waals surface area contributed by atoms with Gasteiger partial charge in [-0.2, -0.15) is 5.10 Å². The van der Waals surface area contributed by atoms with Gasteiger partial charge in [-0.3, -0.25) is 15.5 Å². The van der Waals surface area contributed by atoms with Crippen LogP contribution in [-0.4, -0.2) is 18.2 Å². The number of ether oxygens (including phenoxy) is 1. The number of nitrogens with one attached hydrogen (secondary N) is 1. The van der Waals surface area contributed by atoms with E-state index >= 15 is 0 Å². The van der Waals surface area contributed by atoms with Crippen molar-refractivity contribution in [1.82, 2.24) is 0 Å². The van der Waals surface area contributed by atoms with Crippen molar-refractivity contribution in [3.05, 3.63) is 64.2 Å². The lowest BCUT2D eigenvalue weighted by molar-refractivity contribution is -0.385. The van der Waals surface area contributed by atoms with Gasteiger partial charge in [0.05, 0.1) is 23.9 Å². The zero-order valence-corrected chi connectivity index (χ0v) is 10.8. The molecule has 0 radical (unpaired) electrons. The van der Waals surface area contributed by atoms with Gasteiger partial charge < -0.3 is 4.74 Å². The molecule has 0 spiro atoms. The highest BCUT2D eigenvalue weighted by Crippen LogP contribution is 2.26. The van der Waals surface area contributed by atoms with Gasteiger partial charge in [0.1, 0.15) is 0 Å². The van der Waals surface area contributed by atoms with Crippen LogP contribution in [0.3, 0.4) is 0 Å². The molecule has 0 aliphatic carbocycles. The highest BCUT2D eigenvalue weighted by atomic mass is 16.6. The molecule has 0 saturated carbocycles. The molecule has 2 rings (SSSR count). The first-order valence-electron chi connectivity index (χ1n) is 5.87. The Kier molecular flexibility index (Phi) is 4.28. The Morgan fingerprint density at radius 2 is 2.00 bits per heavy atom. The molecule has 2 aromatic rings. The second kappa shape index (κ2) is 6.33. The maximum atomic E-state index is 10.9. The highest BCUT2D eigenvalue weighted by Gasteiger charge is 2.14. The summed E-state index contributed by atoms with van der Waals surface area (Å²) in [6.07, 6.45) is 1.51. The summed E-state index contributed by atoms with van der Waals surface area (Å²) in [5, 5.41) is 14.9. The Hall–Kier alpha value is -2.89. The van der Waals surface area contributed by atoms with Crippen molar-refractivity contribution in [1.29, 1.82) is 0 Å². The van der Waals surface area contributed by atoms with E-state index in [9.17, 15) is 10.1 Å². The van der Waals surface area contributed by atoms with Crippen LogP contribution in [0.15, 0.2) is 53.6 Å². The molecule has 20 heavy (non-hydrogen) atoms. The molecule has 6 nitrogen and oxygen atoms in total. The summed E-state index contributed by atoms with van der Waals surface area (Å²) in [6, 6.07) is 14.1. The summed E-state index contributed by atoms with van der Waals surface area (Å²) in [4.78, 5) is 10.4. The number of hydrazone groups is 1. The van der Waals surface area contributed by atoms with Crippen molar-refractivity contribution in [2.45, 2.75) is 0 Å². The summed E-state index contributed by atoms with van der Waals surface area (Å²) in [6.45, 7) is 0. The number of rotatable bonds is 5. The Balaban J connectivity index is 2.13. The minimum absolute atomic E-state index is 0.0869. The molecule has 0 saturated heterocycles. The Bertz CT molecular complexity index is 627. The normalized spacial score (nSPS) is 10.4. The van der Waals surface area contributed by atoms with Gasteiger partial charge in [0, 0.05) is 11.6 Å². The van der Waals surface area contributed by atoms with Crippen LogP contribution in [0.5, 0.6) is 5.75 Å². The second-order valence-corrected chi connectivity index (χ2v) is 3.92. The van der Waals surface area contributed by atoms with E-state index in [1.807, 2.05) is 30.3 Å². The number of para-hydroxylation sites is 1. The van der Waals surface area contributed by atoms with Gasteiger partial charge in [0.2, 0.25) is 0 Å². The van der Waals surface area contributed by atoms with Gasteiger partial charge in [-0.25, -0.2) is 0 Å². The van der Waals surface area contributed by atoms with Crippen molar-refractivity contribution in [3.63, 3.8) is 0 Å². The molecule has 0 fully saturated rings. The smallest absolute Gasteiger partial charge is 0.311 e. The molecular weight excluding hydrogens is 258 g/mol. The van der Waals surface area contributed by atoms with Gasteiger partial charge in [-0.1, -0.05) is 18.2 Å². The molecular formula is C14H13N3O3. The lowest BCUT2D eigenvalue weighted by Gasteiger charge is -2.02. The van der Waals surface area contributed by atoms with Crippen LogP contribution in [0.1, 0.15) is 5.56 Å². The quantitative estimate of drug-likeness (QED) is 0.515. The van der Waals surface area contributed by atoms with Crippen LogP contribution >= 0.6 is 0 Å². The van der Waals surface area contributed by atoms with Crippen molar-refractivity contribution in [2.24, 2.45) is 5.10 Å². The monoisotopic (exact) mass is 271 g/mol. The van der Waals surface area contributed by atoms with Crippen LogP contribution in [-0.2, 0) is 0 Å². The van der Waals surface area contributed by atoms with E-state index in [0.29, 0.717) is 5.56 Å². The van der Waals surface area contributed by atoms with Crippen LogP contribution in [0, 0.1) is 10.1 Å². The average molecular weight is 271 g/mol. The molecule has 0 unspecified atom stereocenters. The van der Waals surface area contributed by atoms with Crippen molar-refractivity contribution < 1.29 is 9.66 Å². The third-order valence-corrected chi connectivity index (χ3v) is 2.58. The molecule has 0 heterocycles. The van der Waals surface area contributed by atoms with E-state index in [2.05, 4.69) is 10.5 Å². The SMILES string of the molecule is COc1ccc(/C=N\Nc2ccccc2)cc1[N+](=O)[O-]. The average Bonchev–Trinajstić information content (AvgIpc) is 2.48. The first-order chi connectivity index (χ1) is 9.70. The minimum Gasteiger partial charge on any atom is -0.490 e. The van der Waals surface area contributed by atoms with Crippen molar-refractivity contribution in [2.75, 3.05) is 12.5 Å². The molecule has 0 atom stereocenters. The molecule has 0 bridgehead atoms. The predicted molar refractivity (Wildman–Crippen MR) is 77.3 cm³/mol. The third-order valence-electron chi connectivity index (χ3n) is 2.58. The fourth-order valence-corrected chi connectivity index (χ4v) is 1.62. The molecule has 6 heteroatoms. The van der Waals surface area contributed by atoms with Crippen LogP contribution in [0.4, 0.5) is 11.4 Å². The highest BCUT2D eigenvalue weighted by molar-refractivity contribution is 5.82. The standard InChI is InChI=1S/C14H13N3O3/c1-20-14-8-7-11(9-13(14)17(18)19)10-15-16-12-5-3-2-4-6-12/h2-10,16H,1H3/b15-10-. The molecule has 1 N–H and O–H groups in total. The molecule has 0 amide bonds.